The molecule has 0 unspecified atom stereocenters. The fourth-order valence-corrected chi connectivity index (χ4v) is 3.19. The first-order chi connectivity index (χ1) is 15.1. The lowest BCUT2D eigenvalue weighted by Gasteiger charge is -2.18. The molecule has 0 aliphatic rings. The lowest BCUT2D eigenvalue weighted by molar-refractivity contribution is -0.122. The molecule has 2 aromatic carbocycles. The van der Waals surface area contributed by atoms with E-state index in [0.717, 1.165) is 11.1 Å². The summed E-state index contributed by atoms with van der Waals surface area (Å²) in [6.07, 6.45) is 2.40. The Labute approximate surface area is 181 Å². The number of carbonyl (C=O) groups is 2. The molecule has 3 rings (SSSR count). The summed E-state index contributed by atoms with van der Waals surface area (Å²) in [6.45, 7) is 0.413. The van der Waals surface area contributed by atoms with Crippen LogP contribution in [0.4, 0.5) is 0 Å². The van der Waals surface area contributed by atoms with Crippen LogP contribution in [0.1, 0.15) is 21.7 Å². The molecule has 0 aliphatic heterocycles. The highest BCUT2D eigenvalue weighted by atomic mass is 16.5. The van der Waals surface area contributed by atoms with Crippen LogP contribution in [-0.4, -0.2) is 38.6 Å². The fraction of sp³-hybridized carbons (Fsp3) is 0.250. The van der Waals surface area contributed by atoms with Gasteiger partial charge >= 0.3 is 0 Å². The second-order valence-electron chi connectivity index (χ2n) is 6.92. The summed E-state index contributed by atoms with van der Waals surface area (Å²) in [7, 11) is 3.17. The summed E-state index contributed by atoms with van der Waals surface area (Å²) >= 11 is 0. The summed E-state index contributed by atoms with van der Waals surface area (Å²) in [6, 6.07) is 17.6. The van der Waals surface area contributed by atoms with Gasteiger partial charge in [-0.15, -0.1) is 0 Å². The minimum atomic E-state index is -0.731. The molecule has 2 N–H and O–H groups in total. The molecule has 1 aromatic heterocycles. The first-order valence-electron chi connectivity index (χ1n) is 9.97. The summed E-state index contributed by atoms with van der Waals surface area (Å²) in [4.78, 5) is 25.3. The predicted octanol–water partition coefficient (Wildman–Crippen LogP) is 3.00. The van der Waals surface area contributed by atoms with Gasteiger partial charge in [0.2, 0.25) is 5.91 Å². The Morgan fingerprint density at radius 3 is 2.39 bits per heavy atom. The van der Waals surface area contributed by atoms with Crippen LogP contribution in [0.2, 0.25) is 0 Å². The van der Waals surface area contributed by atoms with Gasteiger partial charge in [0.25, 0.3) is 5.91 Å². The van der Waals surface area contributed by atoms with Gasteiger partial charge in [0.15, 0.2) is 17.3 Å². The molecule has 0 spiro atoms. The largest absolute Gasteiger partial charge is 0.493 e. The standard InChI is InChI=1S/C24H26N2O5/c1-29-20-11-10-18(16-22(20)30-2)12-13-25-23(27)19(15-17-7-4-3-5-8-17)26-24(28)21-9-6-14-31-21/h3-11,14,16,19H,12-13,15H2,1-2H3,(H,25,27)(H,26,28)/t19-/m0/s1. The minimum Gasteiger partial charge on any atom is -0.493 e. The quantitative estimate of drug-likeness (QED) is 0.524. The van der Waals surface area contributed by atoms with Crippen molar-refractivity contribution in [2.75, 3.05) is 20.8 Å². The van der Waals surface area contributed by atoms with Gasteiger partial charge < -0.3 is 24.5 Å². The first kappa shape index (κ1) is 22.0. The molecule has 7 heteroatoms. The Kier molecular flexibility index (Phi) is 7.70. The predicted molar refractivity (Wildman–Crippen MR) is 116 cm³/mol. The highest BCUT2D eigenvalue weighted by Crippen LogP contribution is 2.27. The van der Waals surface area contributed by atoms with Crippen molar-refractivity contribution in [3.8, 4) is 11.5 Å². The number of methoxy groups -OCH3 is 2. The topological polar surface area (TPSA) is 89.8 Å². The van der Waals surface area contributed by atoms with Crippen LogP contribution in [-0.2, 0) is 17.6 Å². The Morgan fingerprint density at radius 1 is 0.935 bits per heavy atom. The van der Waals surface area contributed by atoms with E-state index in [0.29, 0.717) is 30.9 Å². The van der Waals surface area contributed by atoms with Gasteiger partial charge in [0.05, 0.1) is 20.5 Å². The summed E-state index contributed by atoms with van der Waals surface area (Å²) in [5.74, 6) is 0.763. The first-order valence-corrected chi connectivity index (χ1v) is 9.97. The average molecular weight is 422 g/mol. The van der Waals surface area contributed by atoms with E-state index in [1.807, 2.05) is 48.5 Å². The van der Waals surface area contributed by atoms with E-state index in [1.165, 1.54) is 6.26 Å². The third-order valence-electron chi connectivity index (χ3n) is 4.81. The lowest BCUT2D eigenvalue weighted by Crippen LogP contribution is -2.48. The SMILES string of the molecule is COc1ccc(CCNC(=O)[C@H](Cc2ccccc2)NC(=O)c2ccco2)cc1OC. The number of hydrogen-bond donors (Lipinski definition) is 2. The summed E-state index contributed by atoms with van der Waals surface area (Å²) < 4.78 is 15.7. The maximum Gasteiger partial charge on any atom is 0.287 e. The van der Waals surface area contributed by atoms with E-state index in [-0.39, 0.29) is 11.7 Å². The van der Waals surface area contributed by atoms with Crippen LogP contribution in [0.15, 0.2) is 71.3 Å². The third-order valence-corrected chi connectivity index (χ3v) is 4.81. The molecule has 0 saturated carbocycles. The van der Waals surface area contributed by atoms with Crippen LogP contribution >= 0.6 is 0 Å². The monoisotopic (exact) mass is 422 g/mol. The van der Waals surface area contributed by atoms with Gasteiger partial charge in [0.1, 0.15) is 6.04 Å². The van der Waals surface area contributed by atoms with E-state index >= 15 is 0 Å². The molecule has 0 radical (unpaired) electrons. The molecule has 162 valence electrons. The Bertz CT molecular complexity index is 986. The van der Waals surface area contributed by atoms with Crippen molar-refractivity contribution in [3.63, 3.8) is 0 Å². The van der Waals surface area contributed by atoms with E-state index in [1.54, 1.807) is 26.4 Å². The summed E-state index contributed by atoms with van der Waals surface area (Å²) in [5.41, 5.74) is 1.94. The molecule has 2 amide bonds. The van der Waals surface area contributed by atoms with Crippen molar-refractivity contribution in [2.45, 2.75) is 18.9 Å². The van der Waals surface area contributed by atoms with E-state index in [2.05, 4.69) is 10.6 Å². The zero-order chi connectivity index (χ0) is 22.1. The average Bonchev–Trinajstić information content (AvgIpc) is 3.34. The smallest absolute Gasteiger partial charge is 0.287 e. The Hall–Kier alpha value is -3.74. The summed E-state index contributed by atoms with van der Waals surface area (Å²) in [5, 5.41) is 5.68. The molecule has 1 heterocycles. The molecular weight excluding hydrogens is 396 g/mol. The van der Waals surface area contributed by atoms with Crippen LogP contribution in [0.3, 0.4) is 0 Å². The maximum absolute atomic E-state index is 12.9. The van der Waals surface area contributed by atoms with Gasteiger partial charge in [-0.3, -0.25) is 9.59 Å². The van der Waals surface area contributed by atoms with Gasteiger partial charge in [-0.1, -0.05) is 36.4 Å². The Morgan fingerprint density at radius 2 is 1.71 bits per heavy atom. The number of ether oxygens (including phenoxy) is 2. The van der Waals surface area contributed by atoms with E-state index < -0.39 is 11.9 Å². The van der Waals surface area contributed by atoms with Crippen molar-refractivity contribution in [1.29, 1.82) is 0 Å². The van der Waals surface area contributed by atoms with Gasteiger partial charge in [0, 0.05) is 13.0 Å². The molecule has 7 nitrogen and oxygen atoms in total. The third kappa shape index (κ3) is 6.12. The van der Waals surface area contributed by atoms with Crippen LogP contribution < -0.4 is 20.1 Å². The molecule has 0 fully saturated rings. The highest BCUT2D eigenvalue weighted by molar-refractivity contribution is 5.95. The number of carbonyl (C=O) groups excluding carboxylic acids is 2. The van der Waals surface area contributed by atoms with Crippen LogP contribution in [0.25, 0.3) is 0 Å². The number of nitrogens with one attached hydrogen (secondary N) is 2. The molecule has 31 heavy (non-hydrogen) atoms. The van der Waals surface area contributed by atoms with Crippen molar-refractivity contribution in [2.24, 2.45) is 0 Å². The van der Waals surface area contributed by atoms with Crippen LogP contribution in [0.5, 0.6) is 11.5 Å². The number of amides is 2. The number of benzene rings is 2. The number of furan rings is 1. The van der Waals surface area contributed by atoms with Crippen molar-refractivity contribution in [3.05, 3.63) is 83.8 Å². The molecular formula is C24H26N2O5. The number of rotatable bonds is 10. The minimum absolute atomic E-state index is 0.163. The van der Waals surface area contributed by atoms with Crippen molar-refractivity contribution >= 4 is 11.8 Å². The maximum atomic E-state index is 12.9. The van der Waals surface area contributed by atoms with E-state index in [4.69, 9.17) is 13.9 Å². The molecule has 3 aromatic rings. The highest BCUT2D eigenvalue weighted by Gasteiger charge is 2.22. The number of hydrogen-bond acceptors (Lipinski definition) is 5. The molecule has 0 aliphatic carbocycles. The Balaban J connectivity index is 1.63. The molecule has 1 atom stereocenters. The second kappa shape index (κ2) is 10.9. The van der Waals surface area contributed by atoms with Gasteiger partial charge in [-0.2, -0.15) is 0 Å². The van der Waals surface area contributed by atoms with Crippen molar-refractivity contribution < 1.29 is 23.5 Å². The fourth-order valence-electron chi connectivity index (χ4n) is 3.19. The zero-order valence-corrected chi connectivity index (χ0v) is 17.6. The molecule has 0 bridgehead atoms. The molecule has 0 saturated heterocycles. The zero-order valence-electron chi connectivity index (χ0n) is 17.6. The van der Waals surface area contributed by atoms with Crippen molar-refractivity contribution in [1.82, 2.24) is 10.6 Å². The normalized spacial score (nSPS) is 11.4. The second-order valence-corrected chi connectivity index (χ2v) is 6.92. The van der Waals surface area contributed by atoms with Gasteiger partial charge in [-0.25, -0.2) is 0 Å². The van der Waals surface area contributed by atoms with Crippen LogP contribution in [0, 0.1) is 0 Å². The van der Waals surface area contributed by atoms with E-state index in [9.17, 15) is 9.59 Å². The lowest BCUT2D eigenvalue weighted by atomic mass is 10.0. The van der Waals surface area contributed by atoms with Gasteiger partial charge in [-0.05, 0) is 41.8 Å².